The summed E-state index contributed by atoms with van der Waals surface area (Å²) in [6.07, 6.45) is 1.61. The highest BCUT2D eigenvalue weighted by molar-refractivity contribution is 9.10. The molecule has 1 aromatic carbocycles. The fraction of sp³-hybridized carbons (Fsp3) is 0.556. The summed E-state index contributed by atoms with van der Waals surface area (Å²) >= 11 is 3.43. The van der Waals surface area contributed by atoms with Crippen molar-refractivity contribution in [3.63, 3.8) is 0 Å². The van der Waals surface area contributed by atoms with Crippen LogP contribution in [0.4, 0.5) is 4.79 Å². The van der Waals surface area contributed by atoms with Crippen LogP contribution in [-0.2, 0) is 9.53 Å². The summed E-state index contributed by atoms with van der Waals surface area (Å²) in [6.45, 7) is 5.62. The zero-order valence-electron chi connectivity index (χ0n) is 14.3. The summed E-state index contributed by atoms with van der Waals surface area (Å²) < 4.78 is 6.16. The number of amides is 1. The third-order valence-corrected chi connectivity index (χ3v) is 4.93. The summed E-state index contributed by atoms with van der Waals surface area (Å²) in [5, 5.41) is 12.5. The summed E-state index contributed by atoms with van der Waals surface area (Å²) in [6, 6.07) is 7.61. The van der Waals surface area contributed by atoms with Crippen molar-refractivity contribution in [2.24, 2.45) is 5.41 Å². The minimum Gasteiger partial charge on any atom is -0.481 e. The van der Waals surface area contributed by atoms with Crippen LogP contribution in [0.3, 0.4) is 0 Å². The van der Waals surface area contributed by atoms with Crippen LogP contribution >= 0.6 is 15.9 Å². The van der Waals surface area contributed by atoms with Crippen LogP contribution in [0.15, 0.2) is 28.7 Å². The van der Waals surface area contributed by atoms with Gasteiger partial charge in [0.25, 0.3) is 0 Å². The van der Waals surface area contributed by atoms with Crippen molar-refractivity contribution < 1.29 is 19.4 Å². The number of hydrogen-bond acceptors (Lipinski definition) is 3. The minimum atomic E-state index is -0.824. The number of carbonyl (C=O) groups excluding carboxylic acids is 1. The van der Waals surface area contributed by atoms with Gasteiger partial charge >= 0.3 is 12.1 Å². The number of nitrogens with one attached hydrogen (secondary N) is 1. The quantitative estimate of drug-likeness (QED) is 0.775. The van der Waals surface area contributed by atoms with Crippen LogP contribution in [-0.4, -0.2) is 29.3 Å². The monoisotopic (exact) mass is 397 g/mol. The smallest absolute Gasteiger partial charge is 0.407 e. The van der Waals surface area contributed by atoms with E-state index in [0.29, 0.717) is 12.8 Å². The Balaban J connectivity index is 2.21. The molecule has 0 aliphatic heterocycles. The number of carboxylic acids is 1. The molecule has 1 aliphatic carbocycles. The number of rotatable bonds is 5. The Hall–Kier alpha value is -1.56. The van der Waals surface area contributed by atoms with Crippen molar-refractivity contribution in [3.05, 3.63) is 34.3 Å². The van der Waals surface area contributed by atoms with E-state index in [0.717, 1.165) is 16.5 Å². The van der Waals surface area contributed by atoms with E-state index >= 15 is 0 Å². The Morgan fingerprint density at radius 1 is 1.38 bits per heavy atom. The van der Waals surface area contributed by atoms with Crippen molar-refractivity contribution in [1.29, 1.82) is 0 Å². The molecule has 1 unspecified atom stereocenters. The van der Waals surface area contributed by atoms with Crippen LogP contribution in [0.5, 0.6) is 0 Å². The first-order chi connectivity index (χ1) is 11.1. The molecule has 0 spiro atoms. The highest BCUT2D eigenvalue weighted by atomic mass is 79.9. The lowest BCUT2D eigenvalue weighted by molar-refractivity contribution is -0.156. The van der Waals surface area contributed by atoms with E-state index in [2.05, 4.69) is 21.2 Å². The van der Waals surface area contributed by atoms with Gasteiger partial charge < -0.3 is 15.2 Å². The Morgan fingerprint density at radius 3 is 2.50 bits per heavy atom. The summed E-state index contributed by atoms with van der Waals surface area (Å²) in [7, 11) is 0. The number of halogens is 1. The molecule has 1 amide bonds. The number of hydrogen-bond donors (Lipinski definition) is 2. The largest absolute Gasteiger partial charge is 0.481 e. The molecule has 24 heavy (non-hydrogen) atoms. The van der Waals surface area contributed by atoms with Crippen molar-refractivity contribution in [1.82, 2.24) is 5.32 Å². The first-order valence-corrected chi connectivity index (χ1v) is 8.89. The first kappa shape index (κ1) is 18.8. The Bertz CT molecular complexity index is 620. The van der Waals surface area contributed by atoms with Crippen molar-refractivity contribution in [3.8, 4) is 0 Å². The Kier molecular flexibility index (Phi) is 5.58. The molecule has 0 saturated heterocycles. The molecule has 2 N–H and O–H groups in total. The van der Waals surface area contributed by atoms with E-state index in [9.17, 15) is 14.7 Å². The van der Waals surface area contributed by atoms with Crippen molar-refractivity contribution >= 4 is 28.0 Å². The second-order valence-corrected chi connectivity index (χ2v) is 8.22. The lowest BCUT2D eigenvalue weighted by Crippen LogP contribution is -2.48. The zero-order chi connectivity index (χ0) is 18.0. The fourth-order valence-corrected chi connectivity index (χ4v) is 3.54. The predicted octanol–water partition coefficient (Wildman–Crippen LogP) is 4.31. The van der Waals surface area contributed by atoms with E-state index in [4.69, 9.17) is 4.74 Å². The van der Waals surface area contributed by atoms with Gasteiger partial charge in [-0.25, -0.2) is 4.79 Å². The average Bonchev–Trinajstić information content (AvgIpc) is 2.38. The van der Waals surface area contributed by atoms with Gasteiger partial charge in [-0.1, -0.05) is 34.5 Å². The number of carboxylic acid groups (broad SMARTS) is 1. The van der Waals surface area contributed by atoms with E-state index in [1.54, 1.807) is 20.8 Å². The topological polar surface area (TPSA) is 75.6 Å². The normalized spacial score (nSPS) is 17.5. The number of carbonyl (C=O) groups is 2. The second-order valence-electron chi connectivity index (χ2n) is 7.31. The van der Waals surface area contributed by atoms with Gasteiger partial charge in [0, 0.05) is 16.9 Å². The highest BCUT2D eigenvalue weighted by Crippen LogP contribution is 2.51. The molecule has 5 nitrogen and oxygen atoms in total. The lowest BCUT2D eigenvalue weighted by Gasteiger charge is -2.44. The van der Waals surface area contributed by atoms with E-state index in [1.165, 1.54) is 0 Å². The fourth-order valence-electron chi connectivity index (χ4n) is 3.12. The third kappa shape index (κ3) is 4.29. The minimum absolute atomic E-state index is 0.234. The summed E-state index contributed by atoms with van der Waals surface area (Å²) in [5.74, 6) is -1.10. The predicted molar refractivity (Wildman–Crippen MR) is 95.0 cm³/mol. The van der Waals surface area contributed by atoms with Gasteiger partial charge in [-0.2, -0.15) is 0 Å². The van der Waals surface area contributed by atoms with Gasteiger partial charge in [0.1, 0.15) is 5.60 Å². The number of alkyl carbamates (subject to hydrolysis) is 1. The van der Waals surface area contributed by atoms with E-state index in [-0.39, 0.29) is 12.5 Å². The molecule has 0 radical (unpaired) electrons. The molecule has 6 heteroatoms. The van der Waals surface area contributed by atoms with Crippen LogP contribution in [0.2, 0.25) is 0 Å². The third-order valence-electron chi connectivity index (χ3n) is 4.44. The van der Waals surface area contributed by atoms with Gasteiger partial charge in [0.05, 0.1) is 5.41 Å². The van der Waals surface area contributed by atoms with Crippen molar-refractivity contribution in [2.45, 2.75) is 51.6 Å². The van der Waals surface area contributed by atoms with Crippen molar-refractivity contribution in [2.75, 3.05) is 6.54 Å². The molecule has 132 valence electrons. The van der Waals surface area contributed by atoms with Gasteiger partial charge in [-0.15, -0.1) is 0 Å². The summed E-state index contributed by atoms with van der Waals surface area (Å²) in [4.78, 5) is 23.9. The molecule has 1 saturated carbocycles. The molecule has 1 aliphatic rings. The maximum absolute atomic E-state index is 12.0. The average molecular weight is 398 g/mol. The maximum Gasteiger partial charge on any atom is 0.407 e. The van der Waals surface area contributed by atoms with Gasteiger partial charge in [-0.05, 0) is 51.3 Å². The highest BCUT2D eigenvalue weighted by Gasteiger charge is 2.51. The number of ether oxygens (including phenoxy) is 1. The molecule has 0 aromatic heterocycles. The lowest BCUT2D eigenvalue weighted by atomic mass is 9.59. The zero-order valence-corrected chi connectivity index (χ0v) is 15.9. The molecular formula is C18H24BrNO4. The van der Waals surface area contributed by atoms with Crippen LogP contribution in [0.25, 0.3) is 0 Å². The van der Waals surface area contributed by atoms with Gasteiger partial charge in [0.2, 0.25) is 0 Å². The maximum atomic E-state index is 12.0. The van der Waals surface area contributed by atoms with E-state index in [1.807, 2.05) is 24.3 Å². The van der Waals surface area contributed by atoms with Crippen LogP contribution in [0.1, 0.15) is 51.5 Å². The second kappa shape index (κ2) is 7.13. The van der Waals surface area contributed by atoms with E-state index < -0.39 is 23.1 Å². The van der Waals surface area contributed by atoms with Gasteiger partial charge in [-0.3, -0.25) is 4.79 Å². The number of aliphatic carboxylic acids is 1. The Labute approximate surface area is 150 Å². The van der Waals surface area contributed by atoms with Gasteiger partial charge in [0.15, 0.2) is 0 Å². The molecule has 1 atom stereocenters. The summed E-state index contributed by atoms with van der Waals surface area (Å²) in [5.41, 5.74) is -0.505. The standard InChI is InChI=1S/C18H24BrNO4/c1-17(2,3)24-16(23)20-11-14(12-6-4-7-13(19)10-12)18(15(21)22)8-5-9-18/h4,6-7,10,14H,5,8-9,11H2,1-3H3,(H,20,23)(H,21,22). The first-order valence-electron chi connectivity index (χ1n) is 8.10. The number of benzene rings is 1. The molecule has 0 heterocycles. The molecular weight excluding hydrogens is 374 g/mol. The molecule has 0 bridgehead atoms. The molecule has 1 fully saturated rings. The van der Waals surface area contributed by atoms with Crippen LogP contribution < -0.4 is 5.32 Å². The van der Waals surface area contributed by atoms with Crippen LogP contribution in [0, 0.1) is 5.41 Å². The molecule has 1 aromatic rings. The Morgan fingerprint density at radius 2 is 2.04 bits per heavy atom. The molecule has 2 rings (SSSR count). The SMILES string of the molecule is CC(C)(C)OC(=O)NCC(c1cccc(Br)c1)C1(C(=O)O)CCC1.